The van der Waals surface area contributed by atoms with E-state index in [1.54, 1.807) is 0 Å². The molecule has 0 aliphatic carbocycles. The van der Waals surface area contributed by atoms with Crippen LogP contribution >= 0.6 is 11.8 Å². The number of amides is 1. The van der Waals surface area contributed by atoms with Crippen LogP contribution in [0.25, 0.3) is 0 Å². The quantitative estimate of drug-likeness (QED) is 0.419. The lowest BCUT2D eigenvalue weighted by molar-refractivity contribution is -0.146. The Kier molecular flexibility index (Phi) is 7.69. The summed E-state index contributed by atoms with van der Waals surface area (Å²) in [5.74, 6) is -0.582. The number of aryl methyl sites for hydroxylation is 2. The third-order valence-corrected chi connectivity index (χ3v) is 5.76. The molecule has 1 N–H and O–H groups in total. The number of hydrogen-bond acceptors (Lipinski definition) is 4. The van der Waals surface area contributed by atoms with Gasteiger partial charge in [0.25, 0.3) is 5.91 Å². The van der Waals surface area contributed by atoms with Crippen molar-refractivity contribution in [2.24, 2.45) is 0 Å². The highest BCUT2D eigenvalue weighted by molar-refractivity contribution is 8.00. The minimum Gasteiger partial charge on any atom is -0.455 e. The molecule has 4 nitrogen and oxygen atoms in total. The van der Waals surface area contributed by atoms with Gasteiger partial charge in [0.2, 0.25) is 0 Å². The number of esters is 1. The Balaban J connectivity index is 1.54. The molecule has 0 saturated carbocycles. The zero-order chi connectivity index (χ0) is 21.3. The summed E-state index contributed by atoms with van der Waals surface area (Å²) < 4.78 is 5.19. The minimum absolute atomic E-state index is 0.165. The van der Waals surface area contributed by atoms with Crippen LogP contribution < -0.4 is 5.32 Å². The van der Waals surface area contributed by atoms with E-state index in [1.807, 2.05) is 86.6 Å². The van der Waals surface area contributed by atoms with E-state index in [-0.39, 0.29) is 24.3 Å². The molecule has 1 amide bonds. The molecular weight excluding hydrogens is 394 g/mol. The Morgan fingerprint density at radius 2 is 1.50 bits per heavy atom. The van der Waals surface area contributed by atoms with Gasteiger partial charge in [-0.2, -0.15) is 0 Å². The van der Waals surface area contributed by atoms with Crippen LogP contribution in [0.15, 0.2) is 83.8 Å². The minimum atomic E-state index is -0.411. The molecule has 0 bridgehead atoms. The van der Waals surface area contributed by atoms with Gasteiger partial charge in [-0.25, -0.2) is 0 Å². The van der Waals surface area contributed by atoms with Crippen LogP contribution in [-0.4, -0.2) is 24.2 Å². The molecule has 30 heavy (non-hydrogen) atoms. The van der Waals surface area contributed by atoms with E-state index in [1.165, 1.54) is 17.3 Å². The van der Waals surface area contributed by atoms with E-state index in [4.69, 9.17) is 4.74 Å². The van der Waals surface area contributed by atoms with Crippen molar-refractivity contribution in [3.63, 3.8) is 0 Å². The van der Waals surface area contributed by atoms with Crippen molar-refractivity contribution in [3.05, 3.63) is 101 Å². The van der Waals surface area contributed by atoms with Gasteiger partial charge in [-0.15, -0.1) is 11.8 Å². The predicted molar refractivity (Wildman–Crippen MR) is 120 cm³/mol. The molecule has 0 spiro atoms. The largest absolute Gasteiger partial charge is 0.455 e. The fourth-order valence-electron chi connectivity index (χ4n) is 3.14. The summed E-state index contributed by atoms with van der Waals surface area (Å²) in [4.78, 5) is 25.6. The first kappa shape index (κ1) is 21.7. The van der Waals surface area contributed by atoms with E-state index in [2.05, 4.69) is 11.4 Å². The Labute approximate surface area is 181 Å². The zero-order valence-corrected chi connectivity index (χ0v) is 17.9. The number of thioether (sulfide) groups is 1. The normalized spacial score (nSPS) is 10.6. The van der Waals surface area contributed by atoms with Gasteiger partial charge in [0.05, 0.1) is 11.8 Å². The average molecular weight is 420 g/mol. The predicted octanol–water partition coefficient (Wildman–Crippen LogP) is 4.84. The van der Waals surface area contributed by atoms with Gasteiger partial charge in [0, 0.05) is 4.90 Å². The Morgan fingerprint density at radius 1 is 0.900 bits per heavy atom. The molecule has 3 aromatic rings. The Bertz CT molecular complexity index is 950. The summed E-state index contributed by atoms with van der Waals surface area (Å²) in [6.45, 7) is 3.75. The van der Waals surface area contributed by atoms with Gasteiger partial charge in [-0.3, -0.25) is 9.59 Å². The summed E-state index contributed by atoms with van der Waals surface area (Å²) >= 11 is 1.42. The molecule has 0 atom stereocenters. The number of benzene rings is 3. The van der Waals surface area contributed by atoms with Crippen molar-refractivity contribution in [3.8, 4) is 0 Å². The number of carbonyl (C=O) groups is 2. The Morgan fingerprint density at radius 3 is 2.07 bits per heavy atom. The van der Waals surface area contributed by atoms with E-state index < -0.39 is 5.97 Å². The van der Waals surface area contributed by atoms with Crippen LogP contribution in [0.4, 0.5) is 0 Å². The summed E-state index contributed by atoms with van der Waals surface area (Å²) in [6.07, 6.45) is 0. The van der Waals surface area contributed by atoms with Crippen LogP contribution in [0.2, 0.25) is 0 Å². The van der Waals surface area contributed by atoms with Crippen molar-refractivity contribution in [2.45, 2.75) is 24.8 Å². The van der Waals surface area contributed by atoms with Crippen molar-refractivity contribution in [2.75, 3.05) is 12.4 Å². The van der Waals surface area contributed by atoms with Crippen molar-refractivity contribution in [1.82, 2.24) is 5.32 Å². The summed E-state index contributed by atoms with van der Waals surface area (Å²) in [6, 6.07) is 25.2. The first-order valence-corrected chi connectivity index (χ1v) is 10.8. The number of rotatable bonds is 8. The van der Waals surface area contributed by atoms with E-state index in [0.29, 0.717) is 0 Å². The molecule has 5 heteroatoms. The highest BCUT2D eigenvalue weighted by Gasteiger charge is 2.17. The van der Waals surface area contributed by atoms with Crippen LogP contribution in [0.5, 0.6) is 0 Å². The maximum absolute atomic E-state index is 12.5. The number of ether oxygens (including phenoxy) is 1. The zero-order valence-electron chi connectivity index (χ0n) is 17.1. The van der Waals surface area contributed by atoms with E-state index in [9.17, 15) is 9.59 Å². The fraction of sp³-hybridized carbons (Fsp3) is 0.200. The van der Waals surface area contributed by atoms with E-state index in [0.717, 1.165) is 21.6 Å². The molecule has 0 aromatic heterocycles. The summed E-state index contributed by atoms with van der Waals surface area (Å²) in [5.41, 5.74) is 4.24. The van der Waals surface area contributed by atoms with Gasteiger partial charge >= 0.3 is 5.97 Å². The number of nitrogens with one attached hydrogen (secondary N) is 1. The van der Waals surface area contributed by atoms with Gasteiger partial charge < -0.3 is 10.1 Å². The standard InChI is InChI=1S/C25H25NO3S/c1-18-13-14-22(19(2)15-18)30-17-24(28)29-16-23(27)26-25(20-9-5-3-6-10-20)21-11-7-4-8-12-21/h3-15,25H,16-17H2,1-2H3,(H,26,27). The summed E-state index contributed by atoms with van der Waals surface area (Å²) in [5, 5.41) is 2.97. The second-order valence-electron chi connectivity index (χ2n) is 7.04. The number of carbonyl (C=O) groups excluding carboxylic acids is 2. The highest BCUT2D eigenvalue weighted by atomic mass is 32.2. The molecule has 0 heterocycles. The third-order valence-electron chi connectivity index (χ3n) is 4.61. The molecule has 0 saturated heterocycles. The molecule has 0 unspecified atom stereocenters. The van der Waals surface area contributed by atoms with Gasteiger partial charge in [0.1, 0.15) is 0 Å². The van der Waals surface area contributed by atoms with E-state index >= 15 is 0 Å². The molecule has 0 radical (unpaired) electrons. The highest BCUT2D eigenvalue weighted by Crippen LogP contribution is 2.23. The lowest BCUT2D eigenvalue weighted by Crippen LogP contribution is -2.33. The topological polar surface area (TPSA) is 55.4 Å². The lowest BCUT2D eigenvalue weighted by Gasteiger charge is -2.20. The average Bonchev–Trinajstić information content (AvgIpc) is 2.76. The maximum Gasteiger partial charge on any atom is 0.316 e. The van der Waals surface area contributed by atoms with Gasteiger partial charge in [0.15, 0.2) is 6.61 Å². The van der Waals surface area contributed by atoms with Gasteiger partial charge in [-0.05, 0) is 36.6 Å². The smallest absolute Gasteiger partial charge is 0.316 e. The van der Waals surface area contributed by atoms with Crippen molar-refractivity contribution in [1.29, 1.82) is 0 Å². The fourth-order valence-corrected chi connectivity index (χ4v) is 3.95. The molecule has 0 fully saturated rings. The van der Waals surface area contributed by atoms with Crippen LogP contribution in [0.3, 0.4) is 0 Å². The van der Waals surface area contributed by atoms with Crippen LogP contribution in [-0.2, 0) is 14.3 Å². The van der Waals surface area contributed by atoms with Crippen molar-refractivity contribution >= 4 is 23.6 Å². The first-order valence-electron chi connectivity index (χ1n) is 9.78. The molecule has 0 aliphatic rings. The second kappa shape index (κ2) is 10.6. The second-order valence-corrected chi connectivity index (χ2v) is 8.06. The molecular formula is C25H25NO3S. The third kappa shape index (κ3) is 6.22. The lowest BCUT2D eigenvalue weighted by atomic mass is 9.99. The van der Waals surface area contributed by atoms with Crippen molar-refractivity contribution < 1.29 is 14.3 Å². The van der Waals surface area contributed by atoms with Crippen LogP contribution in [0, 0.1) is 13.8 Å². The number of hydrogen-bond donors (Lipinski definition) is 1. The molecule has 3 rings (SSSR count). The van der Waals surface area contributed by atoms with Crippen LogP contribution in [0.1, 0.15) is 28.3 Å². The molecule has 3 aromatic carbocycles. The molecule has 0 aliphatic heterocycles. The SMILES string of the molecule is Cc1ccc(SCC(=O)OCC(=O)NC(c2ccccc2)c2ccccc2)c(C)c1. The monoisotopic (exact) mass is 419 g/mol. The van der Waals surface area contributed by atoms with Gasteiger partial charge in [-0.1, -0.05) is 78.4 Å². The molecule has 154 valence electrons. The maximum atomic E-state index is 12.5. The summed E-state index contributed by atoms with van der Waals surface area (Å²) in [7, 11) is 0. The Hall–Kier alpha value is -3.05. The first-order chi connectivity index (χ1) is 14.5.